The second kappa shape index (κ2) is 11.4. The van der Waals surface area contributed by atoms with E-state index in [1.165, 1.54) is 12.1 Å². The zero-order valence-electron chi connectivity index (χ0n) is 23.1. The molecule has 9 heteroatoms. The van der Waals surface area contributed by atoms with Crippen LogP contribution in [0.1, 0.15) is 74.0 Å². The van der Waals surface area contributed by atoms with Crippen LogP contribution >= 0.6 is 0 Å². The summed E-state index contributed by atoms with van der Waals surface area (Å²) in [6.45, 7) is 0. The number of ether oxygens (including phenoxy) is 1. The molecule has 1 atom stereocenters. The number of imide groups is 1. The van der Waals surface area contributed by atoms with Gasteiger partial charge in [0.05, 0.1) is 12.0 Å². The van der Waals surface area contributed by atoms with Crippen LogP contribution in [0.2, 0.25) is 0 Å². The largest absolute Gasteiger partial charge is 0.508 e. The summed E-state index contributed by atoms with van der Waals surface area (Å²) in [7, 11) is 0. The number of halogens is 2. The molecule has 0 bridgehead atoms. The Hall–Kier alpha value is -3.98. The van der Waals surface area contributed by atoms with Gasteiger partial charge in [-0.3, -0.25) is 14.9 Å². The Labute approximate surface area is 242 Å². The average Bonchev–Trinajstić information content (AvgIpc) is 2.94. The molecule has 1 saturated heterocycles. The standard InChI is InChI=1S/C33H34F2N2O5/c34-28-17-22(18-29(35)31(28)27-9-10-30(40)37-32(27)41)36-21-15-26(16-21)42-25-7-3-20(4-8-25)33(13-11-24(39)12-14-33)19-1-5-23(38)6-2-19/h1-8,17-18,21,24,26-27,36,38-39H,9-16H2,(H,37,40,41). The molecule has 3 aliphatic rings. The van der Waals surface area contributed by atoms with Gasteiger partial charge in [0.25, 0.3) is 0 Å². The maximum absolute atomic E-state index is 14.8. The lowest BCUT2D eigenvalue weighted by Crippen LogP contribution is -2.42. The fourth-order valence-corrected chi connectivity index (χ4v) is 6.65. The Bertz CT molecular complexity index is 1440. The van der Waals surface area contributed by atoms with E-state index in [9.17, 15) is 28.6 Å². The van der Waals surface area contributed by atoms with Crippen molar-refractivity contribution in [2.24, 2.45) is 0 Å². The highest BCUT2D eigenvalue weighted by molar-refractivity contribution is 6.01. The molecule has 1 aliphatic heterocycles. The summed E-state index contributed by atoms with van der Waals surface area (Å²) in [6.07, 6.45) is 4.15. The monoisotopic (exact) mass is 576 g/mol. The molecule has 42 heavy (non-hydrogen) atoms. The smallest absolute Gasteiger partial charge is 0.234 e. The highest BCUT2D eigenvalue weighted by Gasteiger charge is 2.38. The van der Waals surface area contributed by atoms with Gasteiger partial charge in [0.15, 0.2) is 0 Å². The van der Waals surface area contributed by atoms with E-state index in [1.807, 2.05) is 24.3 Å². The minimum absolute atomic E-state index is 0.0130. The van der Waals surface area contributed by atoms with Crippen molar-refractivity contribution < 1.29 is 33.3 Å². The van der Waals surface area contributed by atoms with Crippen molar-refractivity contribution in [1.82, 2.24) is 5.32 Å². The third-order valence-corrected chi connectivity index (χ3v) is 9.07. The lowest BCUT2D eigenvalue weighted by molar-refractivity contribution is -0.134. The van der Waals surface area contributed by atoms with Crippen molar-refractivity contribution in [2.75, 3.05) is 5.32 Å². The second-order valence-corrected chi connectivity index (χ2v) is 11.8. The van der Waals surface area contributed by atoms with Gasteiger partial charge in [-0.15, -0.1) is 0 Å². The van der Waals surface area contributed by atoms with Crippen LogP contribution in [0, 0.1) is 11.6 Å². The van der Waals surface area contributed by atoms with Crippen LogP contribution in [-0.4, -0.2) is 40.3 Å². The highest BCUT2D eigenvalue weighted by atomic mass is 19.1. The molecule has 3 fully saturated rings. The van der Waals surface area contributed by atoms with Crippen LogP contribution in [0.4, 0.5) is 14.5 Å². The first-order valence-corrected chi connectivity index (χ1v) is 14.5. The maximum Gasteiger partial charge on any atom is 0.234 e. The first kappa shape index (κ1) is 28.2. The Kier molecular flexibility index (Phi) is 7.62. The number of piperidine rings is 1. The number of hydrogen-bond acceptors (Lipinski definition) is 6. The molecule has 2 aliphatic carbocycles. The average molecular weight is 577 g/mol. The molecule has 4 N–H and O–H groups in total. The molecule has 2 amide bonds. The summed E-state index contributed by atoms with van der Waals surface area (Å²) < 4.78 is 35.9. The van der Waals surface area contributed by atoms with Gasteiger partial charge >= 0.3 is 0 Å². The third kappa shape index (κ3) is 5.57. The molecule has 2 saturated carbocycles. The van der Waals surface area contributed by atoms with Crippen LogP contribution in [0.3, 0.4) is 0 Å². The molecule has 0 spiro atoms. The SMILES string of the molecule is O=C1CCC(c2c(F)cc(NC3CC(Oc4ccc(C5(c6ccc(O)cc6)CCC(O)CC5)cc4)C3)cc2F)C(=O)N1. The lowest BCUT2D eigenvalue weighted by atomic mass is 9.65. The van der Waals surface area contributed by atoms with E-state index in [1.54, 1.807) is 12.1 Å². The molecule has 3 aromatic rings. The number of amides is 2. The van der Waals surface area contributed by atoms with Crippen LogP contribution in [-0.2, 0) is 15.0 Å². The maximum atomic E-state index is 14.8. The topological polar surface area (TPSA) is 108 Å². The fraction of sp³-hybridized carbons (Fsp3) is 0.394. The number of benzene rings is 3. The third-order valence-electron chi connectivity index (χ3n) is 9.07. The molecule has 3 aromatic carbocycles. The van der Waals surface area contributed by atoms with E-state index < -0.39 is 29.4 Å². The quantitative estimate of drug-likeness (QED) is 0.279. The number of aliphatic hydroxyl groups is 1. The Morgan fingerprint density at radius 2 is 1.48 bits per heavy atom. The molecule has 7 nitrogen and oxygen atoms in total. The molecule has 0 aromatic heterocycles. The van der Waals surface area contributed by atoms with Gasteiger partial charge in [0.1, 0.15) is 29.2 Å². The van der Waals surface area contributed by atoms with Crippen molar-refractivity contribution in [2.45, 2.75) is 80.9 Å². The Balaban J connectivity index is 1.07. The summed E-state index contributed by atoms with van der Waals surface area (Å²) in [4.78, 5) is 23.5. The zero-order valence-corrected chi connectivity index (χ0v) is 23.1. The minimum atomic E-state index is -1.02. The summed E-state index contributed by atoms with van der Waals surface area (Å²) in [5, 5.41) is 25.2. The Morgan fingerprint density at radius 1 is 0.881 bits per heavy atom. The predicted octanol–water partition coefficient (Wildman–Crippen LogP) is 5.43. The minimum Gasteiger partial charge on any atom is -0.508 e. The summed E-state index contributed by atoms with van der Waals surface area (Å²) >= 11 is 0. The van der Waals surface area contributed by atoms with Gasteiger partial charge in [-0.1, -0.05) is 24.3 Å². The van der Waals surface area contributed by atoms with E-state index in [4.69, 9.17) is 4.74 Å². The molecular formula is C33H34F2N2O5. The lowest BCUT2D eigenvalue weighted by Gasteiger charge is -2.40. The second-order valence-electron chi connectivity index (χ2n) is 11.8. The summed E-state index contributed by atoms with van der Waals surface area (Å²) in [5.74, 6) is -2.79. The van der Waals surface area contributed by atoms with Crippen LogP contribution < -0.4 is 15.4 Å². The van der Waals surface area contributed by atoms with Gasteiger partial charge in [0.2, 0.25) is 11.8 Å². The number of anilines is 1. The van der Waals surface area contributed by atoms with Gasteiger partial charge < -0.3 is 20.3 Å². The van der Waals surface area contributed by atoms with Crippen LogP contribution in [0.25, 0.3) is 0 Å². The molecule has 6 rings (SSSR count). The number of nitrogens with one attached hydrogen (secondary N) is 2. The fourth-order valence-electron chi connectivity index (χ4n) is 6.65. The molecule has 220 valence electrons. The van der Waals surface area contributed by atoms with Crippen LogP contribution in [0.5, 0.6) is 11.5 Å². The van der Waals surface area contributed by atoms with Gasteiger partial charge in [0, 0.05) is 42.0 Å². The first-order valence-electron chi connectivity index (χ1n) is 14.5. The van der Waals surface area contributed by atoms with Crippen molar-refractivity contribution in [3.05, 3.63) is 89.0 Å². The van der Waals surface area contributed by atoms with Crippen molar-refractivity contribution in [3.63, 3.8) is 0 Å². The van der Waals surface area contributed by atoms with E-state index in [2.05, 4.69) is 22.8 Å². The van der Waals surface area contributed by atoms with Gasteiger partial charge in [-0.25, -0.2) is 8.78 Å². The van der Waals surface area contributed by atoms with Gasteiger partial charge in [-0.05, 0) is 79.6 Å². The number of rotatable bonds is 7. The number of phenolic OH excluding ortho intramolecular Hbond substituents is 1. The van der Waals surface area contributed by atoms with Gasteiger partial charge in [-0.2, -0.15) is 0 Å². The van der Waals surface area contributed by atoms with Crippen LogP contribution in [0.15, 0.2) is 60.7 Å². The number of aromatic hydroxyl groups is 1. The number of aliphatic hydroxyl groups excluding tert-OH is 1. The molecule has 0 radical (unpaired) electrons. The summed E-state index contributed by atoms with van der Waals surface area (Å²) in [5.41, 5.74) is 2.01. The number of carbonyl (C=O) groups is 2. The van der Waals surface area contributed by atoms with Crippen molar-refractivity contribution in [3.8, 4) is 11.5 Å². The zero-order chi connectivity index (χ0) is 29.4. The van der Waals surface area contributed by atoms with Crippen molar-refractivity contribution >= 4 is 17.5 Å². The Morgan fingerprint density at radius 3 is 2.07 bits per heavy atom. The predicted molar refractivity (Wildman–Crippen MR) is 152 cm³/mol. The first-order chi connectivity index (χ1) is 20.2. The van der Waals surface area contributed by atoms with E-state index >= 15 is 0 Å². The number of phenols is 1. The van der Waals surface area contributed by atoms with Crippen molar-refractivity contribution in [1.29, 1.82) is 0 Å². The number of hydrogen-bond donors (Lipinski definition) is 4. The number of carbonyl (C=O) groups excluding carboxylic acids is 2. The van der Waals surface area contributed by atoms with E-state index in [0.717, 1.165) is 29.7 Å². The van der Waals surface area contributed by atoms with E-state index in [-0.39, 0.29) is 47.8 Å². The molecule has 1 heterocycles. The summed E-state index contributed by atoms with van der Waals surface area (Å²) in [6, 6.07) is 17.8. The van der Waals surface area contributed by atoms with E-state index in [0.29, 0.717) is 31.4 Å². The highest BCUT2D eigenvalue weighted by Crippen LogP contribution is 2.46. The molecular weight excluding hydrogens is 542 g/mol. The normalized spacial score (nSPS) is 27.6. The molecule has 1 unspecified atom stereocenters.